The smallest absolute Gasteiger partial charge is 0.497 e. The molecule has 15 heteroatoms. The predicted molar refractivity (Wildman–Crippen MR) is 111 cm³/mol. The van der Waals surface area contributed by atoms with Gasteiger partial charge in [0.25, 0.3) is 5.91 Å². The Morgan fingerprint density at radius 3 is 2.14 bits per heavy atom. The monoisotopic (exact) mass is 542 g/mol. The minimum atomic E-state index is -6.18. The van der Waals surface area contributed by atoms with Crippen molar-refractivity contribution in [1.29, 1.82) is 0 Å². The molecule has 0 spiro atoms. The Labute approximate surface area is 198 Å². The van der Waals surface area contributed by atoms with Gasteiger partial charge in [-0.25, -0.2) is 4.72 Å². The number of benzene rings is 2. The predicted octanol–water partition coefficient (Wildman–Crippen LogP) is 4.52. The highest BCUT2D eigenvalue weighted by Gasteiger charge is 2.47. The van der Waals surface area contributed by atoms with Crippen LogP contribution in [0.1, 0.15) is 21.6 Å². The Hall–Kier alpha value is -3.26. The first kappa shape index (κ1) is 26.3. The van der Waals surface area contributed by atoms with E-state index in [0.717, 1.165) is 24.3 Å². The number of carbonyl (C=O) groups excluding carboxylic acids is 2. The number of rotatable bonds is 5. The lowest BCUT2D eigenvalue weighted by Gasteiger charge is -2.14. The summed E-state index contributed by atoms with van der Waals surface area (Å²) in [4.78, 5) is 25.2. The number of sulfonamides is 1. The standard InChI is InChI=1S/C20H13ClF6N2O5S/c1-34-12-6-7-15-13(8-12)14(9-16(30)28-35(32,33)20(25,26)27)17(19(22,23)24)29(15)18(31)10-2-4-11(21)5-3-10/h2-8H,9H2,1H3,(H,28,30). The summed E-state index contributed by atoms with van der Waals surface area (Å²) in [7, 11) is -5.00. The molecule has 3 rings (SSSR count). The fourth-order valence-electron chi connectivity index (χ4n) is 3.28. The molecule has 0 aliphatic heterocycles. The Morgan fingerprint density at radius 1 is 1.03 bits per heavy atom. The van der Waals surface area contributed by atoms with Crippen LogP contribution in [-0.4, -0.2) is 37.4 Å². The van der Waals surface area contributed by atoms with Crippen LogP contribution in [0, 0.1) is 0 Å². The first-order chi connectivity index (χ1) is 16.1. The summed E-state index contributed by atoms with van der Waals surface area (Å²) < 4.78 is 109. The van der Waals surface area contributed by atoms with E-state index in [-0.39, 0.29) is 31.8 Å². The molecular formula is C20H13ClF6N2O5S. The van der Waals surface area contributed by atoms with Crippen molar-refractivity contribution in [2.45, 2.75) is 18.1 Å². The molecule has 0 unspecified atom stereocenters. The fraction of sp³-hybridized carbons (Fsp3) is 0.200. The van der Waals surface area contributed by atoms with Crippen molar-refractivity contribution < 1.29 is 49.1 Å². The van der Waals surface area contributed by atoms with Crippen molar-refractivity contribution in [3.63, 3.8) is 0 Å². The van der Waals surface area contributed by atoms with Crippen LogP contribution in [-0.2, 0) is 27.4 Å². The van der Waals surface area contributed by atoms with Crippen molar-refractivity contribution in [3.8, 4) is 5.75 Å². The number of methoxy groups -OCH3 is 1. The van der Waals surface area contributed by atoms with Crippen LogP contribution in [0.2, 0.25) is 5.02 Å². The van der Waals surface area contributed by atoms with Crippen LogP contribution in [0.15, 0.2) is 42.5 Å². The molecule has 1 amide bonds. The van der Waals surface area contributed by atoms with E-state index in [1.54, 1.807) is 0 Å². The summed E-state index contributed by atoms with van der Waals surface area (Å²) >= 11 is 5.76. The van der Waals surface area contributed by atoms with Crippen LogP contribution < -0.4 is 9.46 Å². The lowest BCUT2D eigenvalue weighted by atomic mass is 10.1. The topological polar surface area (TPSA) is 94.5 Å². The number of nitrogens with one attached hydrogen (secondary N) is 1. The zero-order chi connectivity index (χ0) is 26.3. The molecule has 0 radical (unpaired) electrons. The van der Waals surface area contributed by atoms with Gasteiger partial charge in [-0.15, -0.1) is 0 Å². The number of ether oxygens (including phenoxy) is 1. The third kappa shape index (κ3) is 5.22. The van der Waals surface area contributed by atoms with Gasteiger partial charge in [0, 0.05) is 21.5 Å². The number of amides is 1. The van der Waals surface area contributed by atoms with Gasteiger partial charge in [-0.1, -0.05) is 11.6 Å². The summed E-state index contributed by atoms with van der Waals surface area (Å²) in [5.41, 5.74) is -9.04. The van der Waals surface area contributed by atoms with Crippen LogP contribution in [0.5, 0.6) is 5.75 Å². The van der Waals surface area contributed by atoms with Crippen LogP contribution in [0.3, 0.4) is 0 Å². The average Bonchev–Trinajstić information content (AvgIpc) is 3.06. The zero-order valence-electron chi connectivity index (χ0n) is 17.3. The van der Waals surface area contributed by atoms with Gasteiger partial charge in [0.05, 0.1) is 19.0 Å². The van der Waals surface area contributed by atoms with Gasteiger partial charge < -0.3 is 4.74 Å². The Morgan fingerprint density at radius 2 is 1.63 bits per heavy atom. The number of alkyl halides is 6. The van der Waals surface area contributed by atoms with Crippen molar-refractivity contribution in [3.05, 3.63) is 64.3 Å². The van der Waals surface area contributed by atoms with Crippen molar-refractivity contribution in [2.24, 2.45) is 0 Å². The van der Waals surface area contributed by atoms with Crippen LogP contribution >= 0.6 is 11.6 Å². The van der Waals surface area contributed by atoms with E-state index < -0.39 is 51.2 Å². The third-order valence-corrected chi connectivity index (χ3v) is 6.09. The van der Waals surface area contributed by atoms with Gasteiger partial charge in [0.2, 0.25) is 5.91 Å². The minimum absolute atomic E-state index is 0.00638. The summed E-state index contributed by atoms with van der Waals surface area (Å²) in [6, 6.07) is 8.18. The molecular weight excluding hydrogens is 530 g/mol. The Balaban J connectivity index is 2.26. The largest absolute Gasteiger partial charge is 0.516 e. The van der Waals surface area contributed by atoms with Crippen LogP contribution in [0.4, 0.5) is 26.3 Å². The molecule has 0 fully saturated rings. The molecule has 0 aliphatic rings. The van der Waals surface area contributed by atoms with E-state index in [2.05, 4.69) is 0 Å². The van der Waals surface area contributed by atoms with Crippen molar-refractivity contribution in [1.82, 2.24) is 9.29 Å². The first-order valence-corrected chi connectivity index (χ1v) is 11.1. The normalized spacial score (nSPS) is 12.6. The molecule has 0 atom stereocenters. The average molecular weight is 543 g/mol. The number of carbonyl (C=O) groups is 2. The molecule has 7 nitrogen and oxygen atoms in total. The number of halogens is 7. The SMILES string of the molecule is COc1ccc2c(c1)c(CC(=O)NS(=O)(=O)C(F)(F)F)c(C(F)(F)F)n2C(=O)c1ccc(Cl)cc1. The molecule has 0 bridgehead atoms. The maximum Gasteiger partial charge on any atom is 0.516 e. The first-order valence-electron chi connectivity index (χ1n) is 9.27. The molecule has 1 heterocycles. The van der Waals surface area contributed by atoms with Gasteiger partial charge in [0.1, 0.15) is 11.4 Å². The van der Waals surface area contributed by atoms with E-state index in [0.29, 0.717) is 4.72 Å². The molecule has 0 saturated heterocycles. The second-order valence-corrected chi connectivity index (χ2v) is 9.12. The number of hydrogen-bond acceptors (Lipinski definition) is 5. The highest BCUT2D eigenvalue weighted by molar-refractivity contribution is 7.90. The van der Waals surface area contributed by atoms with Gasteiger partial charge in [-0.05, 0) is 42.5 Å². The summed E-state index contributed by atoms with van der Waals surface area (Å²) in [6.45, 7) is 0. The van der Waals surface area contributed by atoms with Gasteiger partial charge in [-0.3, -0.25) is 14.2 Å². The highest BCUT2D eigenvalue weighted by atomic mass is 35.5. The second-order valence-electron chi connectivity index (χ2n) is 7.01. The van der Waals surface area contributed by atoms with Crippen LogP contribution in [0.25, 0.3) is 10.9 Å². The zero-order valence-corrected chi connectivity index (χ0v) is 18.9. The molecule has 35 heavy (non-hydrogen) atoms. The molecule has 0 aliphatic carbocycles. The number of hydrogen-bond donors (Lipinski definition) is 1. The van der Waals surface area contributed by atoms with Gasteiger partial charge in [0.15, 0.2) is 0 Å². The Bertz CT molecular complexity index is 1410. The van der Waals surface area contributed by atoms with E-state index in [4.69, 9.17) is 16.3 Å². The molecule has 2 aromatic carbocycles. The summed E-state index contributed by atoms with van der Waals surface area (Å²) in [5.74, 6) is -3.07. The van der Waals surface area contributed by atoms with Crippen molar-refractivity contribution >= 4 is 44.3 Å². The second kappa shape index (κ2) is 9.07. The minimum Gasteiger partial charge on any atom is -0.497 e. The lowest BCUT2D eigenvalue weighted by molar-refractivity contribution is -0.142. The quantitative estimate of drug-likeness (QED) is 0.479. The lowest BCUT2D eigenvalue weighted by Crippen LogP contribution is -2.41. The van der Waals surface area contributed by atoms with E-state index in [9.17, 15) is 44.3 Å². The van der Waals surface area contributed by atoms with Gasteiger partial charge in [-0.2, -0.15) is 34.8 Å². The summed E-state index contributed by atoms with van der Waals surface area (Å²) in [6.07, 6.45) is -6.73. The summed E-state index contributed by atoms with van der Waals surface area (Å²) in [5, 5.41) is -0.165. The van der Waals surface area contributed by atoms with E-state index in [1.807, 2.05) is 0 Å². The van der Waals surface area contributed by atoms with Gasteiger partial charge >= 0.3 is 21.7 Å². The maximum atomic E-state index is 14.2. The van der Waals surface area contributed by atoms with E-state index in [1.165, 1.54) is 25.3 Å². The van der Waals surface area contributed by atoms with Crippen molar-refractivity contribution in [2.75, 3.05) is 7.11 Å². The molecule has 0 saturated carbocycles. The highest BCUT2D eigenvalue weighted by Crippen LogP contribution is 2.40. The number of fused-ring (bicyclic) bond motifs is 1. The Kier molecular flexibility index (Phi) is 6.83. The molecule has 188 valence electrons. The van der Waals surface area contributed by atoms with E-state index >= 15 is 0 Å². The number of aromatic nitrogens is 1. The molecule has 1 N–H and O–H groups in total. The molecule has 3 aromatic rings. The fourth-order valence-corrected chi connectivity index (χ4v) is 3.89. The number of nitrogens with zero attached hydrogens (tertiary/aromatic N) is 1. The maximum absolute atomic E-state index is 14.2. The third-order valence-electron chi connectivity index (χ3n) is 4.73. The molecule has 1 aromatic heterocycles.